The van der Waals surface area contributed by atoms with Gasteiger partial charge >= 0.3 is 0 Å². The van der Waals surface area contributed by atoms with E-state index in [0.717, 1.165) is 18.1 Å². The summed E-state index contributed by atoms with van der Waals surface area (Å²) in [5.41, 5.74) is 1.01. The van der Waals surface area contributed by atoms with Gasteiger partial charge in [0.2, 0.25) is 5.88 Å². The van der Waals surface area contributed by atoms with Crippen LogP contribution in [0.1, 0.15) is 40.2 Å². The minimum Gasteiger partial charge on any atom is -0.490 e. The quantitative estimate of drug-likeness (QED) is 0.282. The summed E-state index contributed by atoms with van der Waals surface area (Å²) < 4.78 is 11.4. The van der Waals surface area contributed by atoms with Crippen LogP contribution < -0.4 is 20.1 Å². The maximum absolute atomic E-state index is 5.86. The number of ether oxygens (including phenoxy) is 2. The van der Waals surface area contributed by atoms with Gasteiger partial charge in [-0.25, -0.2) is 9.98 Å². The van der Waals surface area contributed by atoms with Gasteiger partial charge in [-0.05, 0) is 44.4 Å². The van der Waals surface area contributed by atoms with Gasteiger partial charge < -0.3 is 20.1 Å². The molecule has 2 rings (SSSR count). The number of aliphatic imine (C=N–C) groups is 1. The van der Waals surface area contributed by atoms with Gasteiger partial charge in [-0.2, -0.15) is 0 Å². The van der Waals surface area contributed by atoms with E-state index in [0.29, 0.717) is 42.5 Å². The molecule has 0 aliphatic carbocycles. The van der Waals surface area contributed by atoms with E-state index in [1.54, 1.807) is 6.20 Å². The van der Waals surface area contributed by atoms with Crippen LogP contribution in [0.5, 0.6) is 17.4 Å². The molecule has 0 amide bonds. The van der Waals surface area contributed by atoms with Gasteiger partial charge in [-0.1, -0.05) is 32.0 Å². The summed E-state index contributed by atoms with van der Waals surface area (Å²) in [7, 11) is 0. The fourth-order valence-corrected chi connectivity index (χ4v) is 2.36. The van der Waals surface area contributed by atoms with Crippen molar-refractivity contribution in [2.45, 2.75) is 47.2 Å². The van der Waals surface area contributed by atoms with Crippen molar-refractivity contribution in [3.05, 3.63) is 48.2 Å². The molecule has 6 nitrogen and oxygen atoms in total. The Morgan fingerprint density at radius 2 is 1.79 bits per heavy atom. The molecule has 0 radical (unpaired) electrons. The molecule has 0 aliphatic rings. The van der Waals surface area contributed by atoms with Crippen LogP contribution in [0.15, 0.2) is 47.6 Å². The van der Waals surface area contributed by atoms with Gasteiger partial charge in [0.15, 0.2) is 17.5 Å². The Kier molecular flexibility index (Phi) is 11.4. The molecule has 2 aromatic rings. The number of nitrogens with zero attached hydrogens (tertiary/aromatic N) is 2. The van der Waals surface area contributed by atoms with E-state index in [1.165, 1.54) is 0 Å². The largest absolute Gasteiger partial charge is 0.490 e. The maximum atomic E-state index is 5.86. The van der Waals surface area contributed by atoms with Crippen molar-refractivity contribution in [2.75, 3.05) is 13.2 Å². The normalized spacial score (nSPS) is 12.1. The molecule has 1 atom stereocenters. The van der Waals surface area contributed by atoms with Crippen molar-refractivity contribution >= 4 is 29.9 Å². The molecule has 0 aliphatic heterocycles. The fraction of sp³-hybridized carbons (Fsp3) is 0.455. The van der Waals surface area contributed by atoms with Crippen LogP contribution in [0.2, 0.25) is 0 Å². The first-order valence-corrected chi connectivity index (χ1v) is 9.92. The van der Waals surface area contributed by atoms with Crippen LogP contribution in [-0.2, 0) is 6.54 Å². The number of hydrogen-bond acceptors (Lipinski definition) is 4. The van der Waals surface area contributed by atoms with Crippen LogP contribution >= 0.6 is 24.0 Å². The summed E-state index contributed by atoms with van der Waals surface area (Å²) in [6, 6.07) is 11.8. The van der Waals surface area contributed by atoms with Crippen molar-refractivity contribution in [1.82, 2.24) is 15.6 Å². The molecule has 7 heteroatoms. The zero-order chi connectivity index (χ0) is 20.4. The minimum atomic E-state index is 0. The second-order valence-electron chi connectivity index (χ2n) is 6.86. The number of halogens is 1. The molecule has 0 saturated heterocycles. The second-order valence-corrected chi connectivity index (χ2v) is 6.86. The molecule has 160 valence electrons. The van der Waals surface area contributed by atoms with Crippen LogP contribution in [0, 0.1) is 5.92 Å². The van der Waals surface area contributed by atoms with E-state index in [1.807, 2.05) is 43.3 Å². The summed E-state index contributed by atoms with van der Waals surface area (Å²) in [5.74, 6) is 3.24. The molecule has 0 spiro atoms. The summed E-state index contributed by atoms with van der Waals surface area (Å²) in [6.07, 6.45) is 1.79. The number of para-hydroxylation sites is 2. The van der Waals surface area contributed by atoms with E-state index in [2.05, 4.69) is 48.3 Å². The predicted octanol–water partition coefficient (Wildman–Crippen LogP) is 4.99. The van der Waals surface area contributed by atoms with Crippen molar-refractivity contribution in [3.63, 3.8) is 0 Å². The fourth-order valence-electron chi connectivity index (χ4n) is 2.36. The highest BCUT2D eigenvalue weighted by Crippen LogP contribution is 2.30. The maximum Gasteiger partial charge on any atom is 0.219 e. The lowest BCUT2D eigenvalue weighted by molar-refractivity contribution is 0.319. The SMILES string of the molecule is CCNC(=NCc1ccc(Oc2ccccc2OCC)nc1)NC(C)C(C)C.I. The highest BCUT2D eigenvalue weighted by molar-refractivity contribution is 14.0. The number of benzene rings is 1. The molecule has 1 aromatic carbocycles. The van der Waals surface area contributed by atoms with E-state index in [-0.39, 0.29) is 24.0 Å². The molecule has 1 unspecified atom stereocenters. The van der Waals surface area contributed by atoms with Gasteiger partial charge in [0, 0.05) is 24.8 Å². The number of nitrogens with one attached hydrogen (secondary N) is 2. The van der Waals surface area contributed by atoms with Gasteiger partial charge in [0.1, 0.15) is 0 Å². The monoisotopic (exact) mass is 512 g/mol. The lowest BCUT2D eigenvalue weighted by atomic mass is 10.1. The molecular formula is C22H33IN4O2. The number of pyridine rings is 1. The van der Waals surface area contributed by atoms with Crippen molar-refractivity contribution in [1.29, 1.82) is 0 Å². The van der Waals surface area contributed by atoms with Gasteiger partial charge in [-0.3, -0.25) is 0 Å². The Labute approximate surface area is 191 Å². The Morgan fingerprint density at radius 3 is 2.38 bits per heavy atom. The summed E-state index contributed by atoms with van der Waals surface area (Å²) in [5, 5.41) is 6.71. The van der Waals surface area contributed by atoms with E-state index < -0.39 is 0 Å². The van der Waals surface area contributed by atoms with Gasteiger partial charge in [0.05, 0.1) is 13.2 Å². The molecule has 0 saturated carbocycles. The summed E-state index contributed by atoms with van der Waals surface area (Å²) >= 11 is 0. The van der Waals surface area contributed by atoms with Gasteiger partial charge in [0.25, 0.3) is 0 Å². The van der Waals surface area contributed by atoms with E-state index in [4.69, 9.17) is 9.47 Å². The summed E-state index contributed by atoms with van der Waals surface area (Å²) in [6.45, 7) is 12.5. The average molecular weight is 512 g/mol. The smallest absolute Gasteiger partial charge is 0.219 e. The van der Waals surface area contributed by atoms with Crippen LogP contribution in [0.3, 0.4) is 0 Å². The first-order valence-electron chi connectivity index (χ1n) is 9.92. The highest BCUT2D eigenvalue weighted by atomic mass is 127. The average Bonchev–Trinajstić information content (AvgIpc) is 2.69. The lowest BCUT2D eigenvalue weighted by Crippen LogP contribution is -2.44. The van der Waals surface area contributed by atoms with Crippen LogP contribution in [0.4, 0.5) is 0 Å². The van der Waals surface area contributed by atoms with Crippen molar-refractivity contribution < 1.29 is 9.47 Å². The molecule has 2 N–H and O–H groups in total. The zero-order valence-electron chi connectivity index (χ0n) is 17.9. The van der Waals surface area contributed by atoms with Gasteiger partial charge in [-0.15, -0.1) is 24.0 Å². The third-order valence-electron chi connectivity index (χ3n) is 4.29. The molecule has 29 heavy (non-hydrogen) atoms. The number of hydrogen-bond donors (Lipinski definition) is 2. The third kappa shape index (κ3) is 8.47. The number of guanidine groups is 1. The lowest BCUT2D eigenvalue weighted by Gasteiger charge is -2.20. The van der Waals surface area contributed by atoms with Crippen LogP contribution in [0.25, 0.3) is 0 Å². The zero-order valence-corrected chi connectivity index (χ0v) is 20.3. The Morgan fingerprint density at radius 1 is 1.07 bits per heavy atom. The molecule has 1 aromatic heterocycles. The Balaban J connectivity index is 0.00000420. The number of aromatic nitrogens is 1. The summed E-state index contributed by atoms with van der Waals surface area (Å²) in [4.78, 5) is 9.05. The number of rotatable bonds is 9. The van der Waals surface area contributed by atoms with E-state index >= 15 is 0 Å². The standard InChI is InChI=1S/C22H32N4O2.HI/c1-6-23-22(26-17(5)16(3)4)25-15-18-12-13-21(24-14-18)28-20-11-9-8-10-19(20)27-7-2;/h8-14,16-17H,6-7,15H2,1-5H3,(H2,23,25,26);1H. The van der Waals surface area contributed by atoms with Crippen molar-refractivity contribution in [3.8, 4) is 17.4 Å². The molecular weight excluding hydrogens is 479 g/mol. The van der Waals surface area contributed by atoms with Crippen molar-refractivity contribution in [2.24, 2.45) is 10.9 Å². The molecule has 0 fully saturated rings. The van der Waals surface area contributed by atoms with E-state index in [9.17, 15) is 0 Å². The Hall–Kier alpha value is -2.03. The Bertz CT molecular complexity index is 751. The third-order valence-corrected chi connectivity index (χ3v) is 4.29. The van der Waals surface area contributed by atoms with Crippen LogP contribution in [-0.4, -0.2) is 30.1 Å². The molecule has 1 heterocycles. The topological polar surface area (TPSA) is 67.8 Å². The second kappa shape index (κ2) is 13.2. The minimum absolute atomic E-state index is 0. The first-order chi connectivity index (χ1) is 13.5. The highest BCUT2D eigenvalue weighted by Gasteiger charge is 2.09. The first kappa shape index (κ1) is 25.0. The predicted molar refractivity (Wildman–Crippen MR) is 130 cm³/mol. The molecule has 0 bridgehead atoms.